The minimum absolute atomic E-state index is 0.196. The lowest BCUT2D eigenvalue weighted by Crippen LogP contribution is -2.15. The van der Waals surface area contributed by atoms with Gasteiger partial charge in [0.05, 0.1) is 6.61 Å². The summed E-state index contributed by atoms with van der Waals surface area (Å²) in [6.45, 7) is 4.00. The molecule has 0 aliphatic carbocycles. The Morgan fingerprint density at radius 1 is 0.821 bits per heavy atom. The number of para-hydroxylation sites is 2. The van der Waals surface area contributed by atoms with Crippen molar-refractivity contribution in [2.75, 3.05) is 11.5 Å². The Morgan fingerprint density at radius 2 is 1.46 bits per heavy atom. The maximum absolute atomic E-state index is 5.56. The van der Waals surface area contributed by atoms with Crippen LogP contribution < -0.4 is 9.64 Å². The van der Waals surface area contributed by atoms with Gasteiger partial charge in [0, 0.05) is 18.3 Å². The Kier molecular flexibility index (Phi) is 4.92. The number of hydrogen-bond acceptors (Lipinski definition) is 8. The Bertz CT molecular complexity index is 1010. The first-order chi connectivity index (χ1) is 13.7. The van der Waals surface area contributed by atoms with Crippen LogP contribution in [0.4, 0.5) is 17.3 Å². The van der Waals surface area contributed by atoms with Crippen LogP contribution in [0.3, 0.4) is 0 Å². The highest BCUT2D eigenvalue weighted by atomic mass is 16.5. The number of anilines is 3. The summed E-state index contributed by atoms with van der Waals surface area (Å²) in [5.41, 5.74) is 1.80. The molecular weight excluding hydrogens is 356 g/mol. The van der Waals surface area contributed by atoms with Crippen LogP contribution in [0, 0.1) is 6.92 Å². The second kappa shape index (κ2) is 7.83. The first kappa shape index (κ1) is 17.6. The molecule has 2 aromatic carbocycles. The zero-order chi connectivity index (χ0) is 19.3. The first-order valence-corrected chi connectivity index (χ1v) is 8.84. The summed E-state index contributed by atoms with van der Waals surface area (Å²) < 4.78 is 10.6. The van der Waals surface area contributed by atoms with Crippen molar-refractivity contribution >= 4 is 17.3 Å². The Balaban J connectivity index is 1.89. The van der Waals surface area contributed by atoms with Gasteiger partial charge in [-0.25, -0.2) is 0 Å². The van der Waals surface area contributed by atoms with E-state index in [1.165, 1.54) is 0 Å². The van der Waals surface area contributed by atoms with Gasteiger partial charge in [0.25, 0.3) is 0 Å². The molecule has 0 aliphatic heterocycles. The zero-order valence-electron chi connectivity index (χ0n) is 15.5. The van der Waals surface area contributed by atoms with Crippen LogP contribution in [0.5, 0.6) is 6.01 Å². The Labute approximate surface area is 161 Å². The Hall–Kier alpha value is -3.81. The molecule has 140 valence electrons. The van der Waals surface area contributed by atoms with Crippen molar-refractivity contribution in [1.82, 2.24) is 25.1 Å². The van der Waals surface area contributed by atoms with Crippen LogP contribution in [0.15, 0.2) is 65.2 Å². The molecule has 28 heavy (non-hydrogen) atoms. The molecule has 0 unspecified atom stereocenters. The summed E-state index contributed by atoms with van der Waals surface area (Å²) in [4.78, 5) is 19.6. The van der Waals surface area contributed by atoms with Gasteiger partial charge in [-0.15, -0.1) is 0 Å². The van der Waals surface area contributed by atoms with Crippen LogP contribution in [0.1, 0.15) is 12.8 Å². The van der Waals surface area contributed by atoms with Crippen LogP contribution in [-0.2, 0) is 0 Å². The van der Waals surface area contributed by atoms with Gasteiger partial charge >= 0.3 is 6.01 Å². The molecule has 2 heterocycles. The van der Waals surface area contributed by atoms with E-state index in [0.717, 1.165) is 11.4 Å². The van der Waals surface area contributed by atoms with Gasteiger partial charge in [0.15, 0.2) is 0 Å². The molecule has 0 N–H and O–H groups in total. The summed E-state index contributed by atoms with van der Waals surface area (Å²) >= 11 is 0. The van der Waals surface area contributed by atoms with Gasteiger partial charge in [-0.2, -0.15) is 19.9 Å². The highest BCUT2D eigenvalue weighted by Gasteiger charge is 2.20. The van der Waals surface area contributed by atoms with Crippen molar-refractivity contribution in [3.63, 3.8) is 0 Å². The fourth-order valence-corrected chi connectivity index (χ4v) is 2.66. The SMILES string of the molecule is CCOc1nc(-c2noc(C)n2)nc(N(c2ccccc2)c2ccccc2)n1. The molecule has 4 rings (SSSR count). The molecule has 4 aromatic rings. The number of ether oxygens (including phenoxy) is 1. The second-order valence-corrected chi connectivity index (χ2v) is 5.82. The monoisotopic (exact) mass is 374 g/mol. The maximum atomic E-state index is 5.56. The molecule has 8 heteroatoms. The standard InChI is InChI=1S/C20H18N6O2/c1-3-27-20-23-17(18-21-14(2)28-25-18)22-19(24-20)26(15-10-6-4-7-11-15)16-12-8-5-9-13-16/h4-13H,3H2,1-2H3. The van der Waals surface area contributed by atoms with E-state index in [-0.39, 0.29) is 17.7 Å². The zero-order valence-corrected chi connectivity index (χ0v) is 15.5. The fraction of sp³-hybridized carbons (Fsp3) is 0.150. The minimum Gasteiger partial charge on any atom is -0.464 e. The number of hydrogen-bond donors (Lipinski definition) is 0. The fourth-order valence-electron chi connectivity index (χ4n) is 2.66. The minimum atomic E-state index is 0.196. The van der Waals surface area contributed by atoms with Crippen LogP contribution in [0.2, 0.25) is 0 Å². The van der Waals surface area contributed by atoms with E-state index in [0.29, 0.717) is 18.4 Å². The molecule has 0 aliphatic rings. The number of nitrogens with zero attached hydrogens (tertiary/aromatic N) is 6. The third-order valence-corrected chi connectivity index (χ3v) is 3.83. The first-order valence-electron chi connectivity index (χ1n) is 8.84. The van der Waals surface area contributed by atoms with Gasteiger partial charge < -0.3 is 9.26 Å². The van der Waals surface area contributed by atoms with E-state index in [1.54, 1.807) is 6.92 Å². The molecule has 8 nitrogen and oxygen atoms in total. The Morgan fingerprint density at radius 3 is 2.00 bits per heavy atom. The average molecular weight is 374 g/mol. The number of aryl methyl sites for hydroxylation is 1. The van der Waals surface area contributed by atoms with Crippen molar-refractivity contribution in [3.8, 4) is 17.7 Å². The van der Waals surface area contributed by atoms with Crippen LogP contribution in [-0.4, -0.2) is 31.7 Å². The van der Waals surface area contributed by atoms with Gasteiger partial charge in [0.2, 0.25) is 23.5 Å². The summed E-state index contributed by atoms with van der Waals surface area (Å²) in [5, 5.41) is 3.92. The molecule has 0 fully saturated rings. The molecule has 0 spiro atoms. The lowest BCUT2D eigenvalue weighted by molar-refractivity contribution is 0.312. The molecule has 2 aromatic heterocycles. The second-order valence-electron chi connectivity index (χ2n) is 5.82. The van der Waals surface area contributed by atoms with Gasteiger partial charge in [-0.3, -0.25) is 4.90 Å². The number of aromatic nitrogens is 5. The molecule has 0 bridgehead atoms. The topological polar surface area (TPSA) is 90.1 Å². The molecule has 0 radical (unpaired) electrons. The highest BCUT2D eigenvalue weighted by molar-refractivity contribution is 5.73. The lowest BCUT2D eigenvalue weighted by atomic mass is 10.2. The molecule has 0 saturated heterocycles. The quantitative estimate of drug-likeness (QED) is 0.498. The predicted molar refractivity (Wildman–Crippen MR) is 104 cm³/mol. The maximum Gasteiger partial charge on any atom is 0.321 e. The molecule has 0 saturated carbocycles. The van der Waals surface area contributed by atoms with E-state index in [2.05, 4.69) is 25.1 Å². The summed E-state index contributed by atoms with van der Waals surface area (Å²) in [5.74, 6) is 1.39. The number of benzene rings is 2. The van der Waals surface area contributed by atoms with Gasteiger partial charge in [0.1, 0.15) is 0 Å². The molecule has 0 atom stereocenters. The van der Waals surface area contributed by atoms with E-state index in [1.807, 2.05) is 72.5 Å². The average Bonchev–Trinajstić information content (AvgIpc) is 3.16. The van der Waals surface area contributed by atoms with E-state index in [4.69, 9.17) is 9.26 Å². The van der Waals surface area contributed by atoms with Gasteiger partial charge in [-0.1, -0.05) is 41.6 Å². The van der Waals surface area contributed by atoms with E-state index < -0.39 is 0 Å². The largest absolute Gasteiger partial charge is 0.464 e. The third kappa shape index (κ3) is 3.66. The van der Waals surface area contributed by atoms with Crippen molar-refractivity contribution in [1.29, 1.82) is 0 Å². The summed E-state index contributed by atoms with van der Waals surface area (Å²) in [6.07, 6.45) is 0. The van der Waals surface area contributed by atoms with E-state index in [9.17, 15) is 0 Å². The van der Waals surface area contributed by atoms with Crippen molar-refractivity contribution in [3.05, 3.63) is 66.6 Å². The normalized spacial score (nSPS) is 10.6. The van der Waals surface area contributed by atoms with E-state index >= 15 is 0 Å². The molecule has 0 amide bonds. The highest BCUT2D eigenvalue weighted by Crippen LogP contribution is 2.33. The van der Waals surface area contributed by atoms with Crippen molar-refractivity contribution in [2.45, 2.75) is 13.8 Å². The predicted octanol–water partition coefficient (Wildman–Crippen LogP) is 4.10. The van der Waals surface area contributed by atoms with Crippen molar-refractivity contribution < 1.29 is 9.26 Å². The third-order valence-electron chi connectivity index (χ3n) is 3.83. The van der Waals surface area contributed by atoms with Crippen LogP contribution in [0.25, 0.3) is 11.6 Å². The lowest BCUT2D eigenvalue weighted by Gasteiger charge is -2.23. The smallest absolute Gasteiger partial charge is 0.321 e. The van der Waals surface area contributed by atoms with Crippen LogP contribution >= 0.6 is 0 Å². The molecular formula is C20H18N6O2. The van der Waals surface area contributed by atoms with Crippen molar-refractivity contribution in [2.24, 2.45) is 0 Å². The number of rotatable bonds is 6. The van der Waals surface area contributed by atoms with Gasteiger partial charge in [-0.05, 0) is 31.2 Å². The summed E-state index contributed by atoms with van der Waals surface area (Å²) in [7, 11) is 0. The summed E-state index contributed by atoms with van der Waals surface area (Å²) in [6, 6.07) is 19.9.